The molecule has 1 heterocycles. The number of benzene rings is 2. The quantitative estimate of drug-likeness (QED) is 0.761. The molecule has 1 aliphatic heterocycles. The number of hydrogen-bond acceptors (Lipinski definition) is 4. The largest absolute Gasteiger partial charge is 0.483 e. The van der Waals surface area contributed by atoms with E-state index in [1.54, 1.807) is 29.2 Å². The summed E-state index contributed by atoms with van der Waals surface area (Å²) in [5.74, 6) is 0.292. The Morgan fingerprint density at radius 2 is 2.08 bits per heavy atom. The van der Waals surface area contributed by atoms with Crippen molar-refractivity contribution in [3.8, 4) is 5.75 Å². The Hall–Kier alpha value is -1.61. The highest BCUT2D eigenvalue weighted by Crippen LogP contribution is 2.34. The lowest BCUT2D eigenvalue weighted by atomic mass is 10.1. The smallest absolute Gasteiger partial charge is 0.265 e. The minimum absolute atomic E-state index is 0.0408. The number of sulfonamides is 1. The van der Waals surface area contributed by atoms with Crippen LogP contribution in [0.1, 0.15) is 12.5 Å². The molecule has 138 valence electrons. The molecule has 0 spiro atoms. The minimum atomic E-state index is -3.78. The number of halogens is 2. The Kier molecular flexibility index (Phi) is 5.30. The Morgan fingerprint density at radius 3 is 2.73 bits per heavy atom. The molecule has 2 N–H and O–H groups in total. The Balaban J connectivity index is 1.79. The number of ether oxygens (including phenoxy) is 1. The van der Waals surface area contributed by atoms with Gasteiger partial charge in [-0.25, -0.2) is 13.6 Å². The molecule has 6 nitrogen and oxygen atoms in total. The van der Waals surface area contributed by atoms with Gasteiger partial charge in [0.1, 0.15) is 5.75 Å². The molecule has 2 aromatic rings. The van der Waals surface area contributed by atoms with E-state index in [0.717, 1.165) is 5.56 Å². The molecule has 0 aromatic heterocycles. The van der Waals surface area contributed by atoms with Crippen LogP contribution in [0, 0.1) is 0 Å². The average molecular weight is 460 g/mol. The summed E-state index contributed by atoms with van der Waals surface area (Å²) in [6, 6.07) is 9.46. The van der Waals surface area contributed by atoms with Gasteiger partial charge in [0.25, 0.3) is 5.91 Å². The summed E-state index contributed by atoms with van der Waals surface area (Å²) >= 11 is 9.23. The second-order valence-corrected chi connectivity index (χ2v) is 8.87. The zero-order chi connectivity index (χ0) is 19.1. The van der Waals surface area contributed by atoms with Gasteiger partial charge in [-0.15, -0.1) is 0 Å². The van der Waals surface area contributed by atoms with Crippen molar-refractivity contribution in [2.75, 3.05) is 11.5 Å². The fourth-order valence-corrected chi connectivity index (χ4v) is 4.33. The molecule has 0 aliphatic carbocycles. The molecule has 0 saturated heterocycles. The van der Waals surface area contributed by atoms with Crippen LogP contribution in [0.15, 0.2) is 45.8 Å². The van der Waals surface area contributed by atoms with Gasteiger partial charge in [-0.2, -0.15) is 0 Å². The molecule has 1 atom stereocenters. The first-order valence-electron chi connectivity index (χ1n) is 7.72. The van der Waals surface area contributed by atoms with E-state index in [2.05, 4.69) is 15.9 Å². The standard InChI is InChI=1S/C17H16BrClN2O4S/c1-10-6-11-7-13(26(20,23)24)3-4-15(11)21(10)17(22)9-25-16-5-2-12(19)8-14(16)18/h2-5,7-8,10H,6,9H2,1H3,(H2,20,23,24)/t10-/m0/s1. The van der Waals surface area contributed by atoms with Crippen molar-refractivity contribution in [1.29, 1.82) is 0 Å². The van der Waals surface area contributed by atoms with Crippen molar-refractivity contribution >= 4 is 49.1 Å². The highest BCUT2D eigenvalue weighted by molar-refractivity contribution is 9.10. The number of rotatable bonds is 4. The van der Waals surface area contributed by atoms with Gasteiger partial charge in [0.05, 0.1) is 9.37 Å². The van der Waals surface area contributed by atoms with Crippen LogP contribution in [0.5, 0.6) is 5.75 Å². The number of carbonyl (C=O) groups is 1. The number of hydrogen-bond donors (Lipinski definition) is 1. The number of fused-ring (bicyclic) bond motifs is 1. The van der Waals surface area contributed by atoms with Crippen LogP contribution >= 0.6 is 27.5 Å². The summed E-state index contributed by atoms with van der Waals surface area (Å²) in [4.78, 5) is 14.3. The van der Waals surface area contributed by atoms with Crippen molar-refractivity contribution in [1.82, 2.24) is 0 Å². The predicted octanol–water partition coefficient (Wildman–Crippen LogP) is 3.11. The van der Waals surface area contributed by atoms with Crippen LogP contribution < -0.4 is 14.8 Å². The third-order valence-corrected chi connectivity index (χ3v) is 5.87. The Labute approximate surface area is 165 Å². The monoisotopic (exact) mass is 458 g/mol. The van der Waals surface area contributed by atoms with Crippen LogP contribution in [-0.4, -0.2) is 27.0 Å². The molecule has 0 fully saturated rings. The van der Waals surface area contributed by atoms with Crippen molar-refractivity contribution in [2.45, 2.75) is 24.3 Å². The van der Waals surface area contributed by atoms with Gasteiger partial charge in [0, 0.05) is 16.8 Å². The van der Waals surface area contributed by atoms with Crippen LogP contribution in [-0.2, 0) is 21.2 Å². The summed E-state index contributed by atoms with van der Waals surface area (Å²) in [6.07, 6.45) is 0.551. The minimum Gasteiger partial charge on any atom is -0.483 e. The number of nitrogens with two attached hydrogens (primary N) is 1. The topological polar surface area (TPSA) is 89.7 Å². The number of anilines is 1. The predicted molar refractivity (Wildman–Crippen MR) is 103 cm³/mol. The Bertz CT molecular complexity index is 981. The normalized spacial score (nSPS) is 16.5. The highest BCUT2D eigenvalue weighted by atomic mass is 79.9. The van der Waals surface area contributed by atoms with Crippen molar-refractivity contribution < 1.29 is 17.9 Å². The van der Waals surface area contributed by atoms with Gasteiger partial charge in [-0.1, -0.05) is 11.6 Å². The van der Waals surface area contributed by atoms with E-state index in [0.29, 0.717) is 27.4 Å². The number of nitrogens with zero attached hydrogens (tertiary/aromatic N) is 1. The lowest BCUT2D eigenvalue weighted by Gasteiger charge is -2.23. The fourth-order valence-electron chi connectivity index (χ4n) is 2.97. The molecule has 1 amide bonds. The second kappa shape index (κ2) is 7.19. The lowest BCUT2D eigenvalue weighted by molar-refractivity contribution is -0.120. The number of carbonyl (C=O) groups excluding carboxylic acids is 1. The molecule has 0 saturated carbocycles. The molecule has 0 radical (unpaired) electrons. The maximum atomic E-state index is 12.7. The van der Waals surface area contributed by atoms with Crippen molar-refractivity contribution in [3.05, 3.63) is 51.5 Å². The van der Waals surface area contributed by atoms with Crippen LogP contribution in [0.3, 0.4) is 0 Å². The highest BCUT2D eigenvalue weighted by Gasteiger charge is 2.32. The van der Waals surface area contributed by atoms with E-state index in [-0.39, 0.29) is 23.5 Å². The maximum Gasteiger partial charge on any atom is 0.265 e. The van der Waals surface area contributed by atoms with E-state index in [1.807, 2.05) is 6.92 Å². The lowest BCUT2D eigenvalue weighted by Crippen LogP contribution is -2.39. The second-order valence-electron chi connectivity index (χ2n) is 6.02. The van der Waals surface area contributed by atoms with Gasteiger partial charge >= 0.3 is 0 Å². The molecule has 9 heteroatoms. The van der Waals surface area contributed by atoms with Crippen LogP contribution in [0.25, 0.3) is 0 Å². The molecule has 1 aliphatic rings. The first-order chi connectivity index (χ1) is 12.2. The van der Waals surface area contributed by atoms with Crippen molar-refractivity contribution in [2.24, 2.45) is 5.14 Å². The molecule has 2 aromatic carbocycles. The summed E-state index contributed by atoms with van der Waals surface area (Å²) in [6.45, 7) is 1.74. The molecular weight excluding hydrogens is 444 g/mol. The number of amides is 1. The van der Waals surface area contributed by atoms with Gasteiger partial charge in [-0.3, -0.25) is 4.79 Å². The molecular formula is C17H16BrClN2O4S. The van der Waals surface area contributed by atoms with E-state index in [9.17, 15) is 13.2 Å². The average Bonchev–Trinajstić information content (AvgIpc) is 2.88. The summed E-state index contributed by atoms with van der Waals surface area (Å²) in [7, 11) is -3.78. The van der Waals surface area contributed by atoms with Crippen molar-refractivity contribution in [3.63, 3.8) is 0 Å². The third kappa shape index (κ3) is 3.88. The van der Waals surface area contributed by atoms with Gasteiger partial charge < -0.3 is 9.64 Å². The summed E-state index contributed by atoms with van der Waals surface area (Å²) in [5, 5.41) is 5.73. The zero-order valence-corrected chi connectivity index (χ0v) is 16.9. The first-order valence-corrected chi connectivity index (χ1v) is 10.4. The molecule has 0 bridgehead atoms. The Morgan fingerprint density at radius 1 is 1.35 bits per heavy atom. The van der Waals surface area contributed by atoms with E-state index >= 15 is 0 Å². The van der Waals surface area contributed by atoms with Crippen LogP contribution in [0.4, 0.5) is 5.69 Å². The number of primary sulfonamides is 1. The van der Waals surface area contributed by atoms with Crippen LogP contribution in [0.2, 0.25) is 5.02 Å². The summed E-state index contributed by atoms with van der Waals surface area (Å²) < 4.78 is 29.3. The van der Waals surface area contributed by atoms with E-state index < -0.39 is 10.0 Å². The van der Waals surface area contributed by atoms with Gasteiger partial charge in [0.15, 0.2) is 6.61 Å². The molecule has 0 unspecified atom stereocenters. The van der Waals surface area contributed by atoms with E-state index in [4.69, 9.17) is 21.5 Å². The zero-order valence-electron chi connectivity index (χ0n) is 13.8. The first kappa shape index (κ1) is 19.2. The van der Waals surface area contributed by atoms with E-state index in [1.165, 1.54) is 12.1 Å². The SMILES string of the molecule is C[C@H]1Cc2cc(S(N)(=O)=O)ccc2N1C(=O)COc1ccc(Cl)cc1Br. The summed E-state index contributed by atoms with van der Waals surface area (Å²) in [5.41, 5.74) is 1.44. The molecule has 26 heavy (non-hydrogen) atoms. The maximum absolute atomic E-state index is 12.7. The third-order valence-electron chi connectivity index (χ3n) is 4.11. The van der Waals surface area contributed by atoms with Gasteiger partial charge in [0.2, 0.25) is 10.0 Å². The molecule has 3 rings (SSSR count). The van der Waals surface area contributed by atoms with Gasteiger partial charge in [-0.05, 0) is 71.2 Å². The fraction of sp³-hybridized carbons (Fsp3) is 0.235.